The van der Waals surface area contributed by atoms with E-state index in [0.717, 1.165) is 54.6 Å². The van der Waals surface area contributed by atoms with Crippen LogP contribution in [-0.2, 0) is 16.1 Å². The third-order valence-corrected chi connectivity index (χ3v) is 7.74. The molecule has 0 amide bonds. The summed E-state index contributed by atoms with van der Waals surface area (Å²) in [5.41, 5.74) is 2.14. The van der Waals surface area contributed by atoms with Crippen molar-refractivity contribution in [2.75, 3.05) is 20.3 Å². The summed E-state index contributed by atoms with van der Waals surface area (Å²) in [5.74, 6) is 0.0351. The van der Waals surface area contributed by atoms with Crippen LogP contribution in [0.3, 0.4) is 0 Å². The number of esters is 1. The summed E-state index contributed by atoms with van der Waals surface area (Å²) in [6, 6.07) is 19.0. The minimum absolute atomic E-state index is 0.0618. The van der Waals surface area contributed by atoms with E-state index >= 15 is 0 Å². The Kier molecular flexibility index (Phi) is 7.71. The van der Waals surface area contributed by atoms with Crippen LogP contribution in [0.25, 0.3) is 0 Å². The maximum Gasteiger partial charge on any atom is 0.316 e. The zero-order valence-electron chi connectivity index (χ0n) is 20.0. The molecule has 0 radical (unpaired) electrons. The molecule has 2 aliphatic heterocycles. The van der Waals surface area contributed by atoms with Crippen LogP contribution in [0.15, 0.2) is 54.6 Å². The number of carbonyl (C=O) groups is 1. The number of unbranched alkanes of at least 4 members (excludes halogenated alkanes) is 1. The summed E-state index contributed by atoms with van der Waals surface area (Å²) >= 11 is 0. The monoisotopic (exact) mass is 452 g/mol. The van der Waals surface area contributed by atoms with Crippen LogP contribution in [-0.4, -0.2) is 54.0 Å². The van der Waals surface area contributed by atoms with Gasteiger partial charge in [0.15, 0.2) is 0 Å². The highest BCUT2D eigenvalue weighted by Gasteiger charge is 2.52. The Hall–Kier alpha value is -2.37. The lowest BCUT2D eigenvalue weighted by Crippen LogP contribution is -2.58. The standard InChI is InChI=1S/C28H38NO4/c1-3-4-16-32-25-14-10-21(11-15-25)19-29(2)23-12-13-24(29)18-26(17-23)33-28(31)27(20-30)22-8-6-5-7-9-22/h5-11,14-15,23-24,26-27,30H,3-4,12-13,16-20H2,1-2H3/q+1/t23-,24-,26?,27+,29?/m0/s1. The molecule has 0 unspecified atom stereocenters. The minimum atomic E-state index is -0.607. The SMILES string of the molecule is CCCCOc1ccc(C[N+]2(C)[C@H]3CC[C@H]2CC(OC(=O)[C@H](CO)c2ccccc2)C3)cc1. The van der Waals surface area contributed by atoms with E-state index in [1.165, 1.54) is 18.4 Å². The summed E-state index contributed by atoms with van der Waals surface area (Å²) in [6.07, 6.45) is 6.29. The van der Waals surface area contributed by atoms with Crippen LogP contribution in [0.1, 0.15) is 62.5 Å². The molecule has 2 aromatic rings. The molecule has 2 bridgehead atoms. The number of hydrogen-bond acceptors (Lipinski definition) is 4. The van der Waals surface area contributed by atoms with E-state index in [4.69, 9.17) is 9.47 Å². The molecular formula is C28H38NO4+. The van der Waals surface area contributed by atoms with Gasteiger partial charge in [0.25, 0.3) is 0 Å². The first-order chi connectivity index (χ1) is 16.0. The van der Waals surface area contributed by atoms with Gasteiger partial charge in [0.05, 0.1) is 32.3 Å². The first-order valence-electron chi connectivity index (χ1n) is 12.5. The fourth-order valence-corrected chi connectivity index (χ4v) is 5.71. The fraction of sp³-hybridized carbons (Fsp3) is 0.536. The van der Waals surface area contributed by atoms with E-state index in [1.807, 2.05) is 30.3 Å². The van der Waals surface area contributed by atoms with Gasteiger partial charge in [-0.1, -0.05) is 43.7 Å². The van der Waals surface area contributed by atoms with Gasteiger partial charge in [0.2, 0.25) is 0 Å². The Labute approximate surface area is 197 Å². The molecular weight excluding hydrogens is 414 g/mol. The van der Waals surface area contributed by atoms with Gasteiger partial charge in [0, 0.05) is 31.2 Å². The molecule has 4 rings (SSSR count). The van der Waals surface area contributed by atoms with Crippen LogP contribution in [0.4, 0.5) is 0 Å². The lowest BCUT2D eigenvalue weighted by molar-refractivity contribution is -0.961. The van der Waals surface area contributed by atoms with E-state index in [0.29, 0.717) is 12.1 Å². The lowest BCUT2D eigenvalue weighted by atomic mass is 9.95. The number of benzene rings is 2. The van der Waals surface area contributed by atoms with E-state index in [-0.39, 0.29) is 18.7 Å². The molecule has 2 saturated heterocycles. The number of ether oxygens (including phenoxy) is 2. The van der Waals surface area contributed by atoms with Crippen LogP contribution >= 0.6 is 0 Å². The summed E-state index contributed by atoms with van der Waals surface area (Å²) < 4.78 is 12.8. The van der Waals surface area contributed by atoms with E-state index < -0.39 is 5.92 Å². The van der Waals surface area contributed by atoms with Gasteiger partial charge in [-0.3, -0.25) is 4.79 Å². The van der Waals surface area contributed by atoms with Crippen LogP contribution in [0, 0.1) is 0 Å². The maximum atomic E-state index is 12.9. The Morgan fingerprint density at radius 3 is 2.33 bits per heavy atom. The predicted molar refractivity (Wildman–Crippen MR) is 129 cm³/mol. The number of piperidine rings is 1. The molecule has 0 aromatic heterocycles. The van der Waals surface area contributed by atoms with Crippen molar-refractivity contribution in [3.63, 3.8) is 0 Å². The number of aliphatic hydroxyl groups is 1. The van der Waals surface area contributed by atoms with Gasteiger partial charge in [-0.05, 0) is 36.2 Å². The summed E-state index contributed by atoms with van der Waals surface area (Å²) in [6.45, 7) is 3.71. The van der Waals surface area contributed by atoms with Crippen molar-refractivity contribution >= 4 is 5.97 Å². The number of hydrogen-bond donors (Lipinski definition) is 1. The van der Waals surface area contributed by atoms with Crippen molar-refractivity contribution in [2.45, 2.75) is 76.1 Å². The molecule has 3 atom stereocenters. The first-order valence-corrected chi connectivity index (χ1v) is 12.5. The molecule has 2 aliphatic rings. The van der Waals surface area contributed by atoms with Gasteiger partial charge < -0.3 is 19.1 Å². The molecule has 5 heteroatoms. The van der Waals surface area contributed by atoms with Crippen molar-refractivity contribution in [2.24, 2.45) is 0 Å². The van der Waals surface area contributed by atoms with Crippen LogP contribution in [0.2, 0.25) is 0 Å². The Morgan fingerprint density at radius 2 is 1.73 bits per heavy atom. The maximum absolute atomic E-state index is 12.9. The molecule has 2 heterocycles. The molecule has 0 aliphatic carbocycles. The number of fused-ring (bicyclic) bond motifs is 2. The summed E-state index contributed by atoms with van der Waals surface area (Å²) in [4.78, 5) is 12.9. The molecule has 1 N–H and O–H groups in total. The summed E-state index contributed by atoms with van der Waals surface area (Å²) in [5, 5.41) is 9.81. The molecule has 2 fully saturated rings. The average Bonchev–Trinajstić information content (AvgIpc) is 2.98. The highest BCUT2D eigenvalue weighted by atomic mass is 16.5. The smallest absolute Gasteiger partial charge is 0.316 e. The molecule has 178 valence electrons. The normalized spacial score (nSPS) is 27.2. The highest BCUT2D eigenvalue weighted by Crippen LogP contribution is 2.43. The highest BCUT2D eigenvalue weighted by molar-refractivity contribution is 5.78. The van der Waals surface area contributed by atoms with Crippen molar-refractivity contribution in [1.82, 2.24) is 0 Å². The Morgan fingerprint density at radius 1 is 1.06 bits per heavy atom. The van der Waals surface area contributed by atoms with Gasteiger partial charge in [-0.2, -0.15) is 0 Å². The molecule has 33 heavy (non-hydrogen) atoms. The molecule has 0 spiro atoms. The van der Waals surface area contributed by atoms with Crippen molar-refractivity contribution in [1.29, 1.82) is 0 Å². The van der Waals surface area contributed by atoms with Gasteiger partial charge in [-0.15, -0.1) is 0 Å². The number of nitrogens with zero attached hydrogens (tertiary/aromatic N) is 1. The van der Waals surface area contributed by atoms with Gasteiger partial charge in [0.1, 0.15) is 24.3 Å². The van der Waals surface area contributed by atoms with E-state index in [1.54, 1.807) is 0 Å². The van der Waals surface area contributed by atoms with Crippen molar-refractivity contribution in [3.05, 3.63) is 65.7 Å². The second-order valence-corrected chi connectivity index (χ2v) is 9.91. The number of aliphatic hydroxyl groups excluding tert-OH is 1. The number of rotatable bonds is 10. The molecule has 0 saturated carbocycles. The first kappa shape index (κ1) is 23.8. The fourth-order valence-electron chi connectivity index (χ4n) is 5.71. The topological polar surface area (TPSA) is 55.8 Å². The second kappa shape index (κ2) is 10.7. The van der Waals surface area contributed by atoms with Crippen LogP contribution in [0.5, 0.6) is 5.75 Å². The van der Waals surface area contributed by atoms with E-state index in [9.17, 15) is 9.90 Å². The number of quaternary nitrogens is 1. The molecule has 5 nitrogen and oxygen atoms in total. The van der Waals surface area contributed by atoms with Crippen LogP contribution < -0.4 is 4.74 Å². The third kappa shape index (κ3) is 5.42. The zero-order chi connectivity index (χ0) is 23.3. The largest absolute Gasteiger partial charge is 0.494 e. The predicted octanol–water partition coefficient (Wildman–Crippen LogP) is 4.82. The Bertz CT molecular complexity index is 884. The lowest BCUT2D eigenvalue weighted by Gasteiger charge is -2.47. The van der Waals surface area contributed by atoms with E-state index in [2.05, 4.69) is 38.2 Å². The summed E-state index contributed by atoms with van der Waals surface area (Å²) in [7, 11) is 2.37. The molecule has 2 aromatic carbocycles. The average molecular weight is 453 g/mol. The minimum Gasteiger partial charge on any atom is -0.494 e. The van der Waals surface area contributed by atoms with Gasteiger partial charge in [-0.25, -0.2) is 0 Å². The van der Waals surface area contributed by atoms with Crippen molar-refractivity contribution < 1.29 is 23.9 Å². The Balaban J connectivity index is 1.36. The van der Waals surface area contributed by atoms with Gasteiger partial charge >= 0.3 is 5.97 Å². The second-order valence-electron chi connectivity index (χ2n) is 9.91. The number of carbonyl (C=O) groups excluding carboxylic acids is 1. The quantitative estimate of drug-likeness (QED) is 0.319. The zero-order valence-corrected chi connectivity index (χ0v) is 20.0. The van der Waals surface area contributed by atoms with Crippen molar-refractivity contribution in [3.8, 4) is 5.75 Å². The third-order valence-electron chi connectivity index (χ3n) is 7.74.